The summed E-state index contributed by atoms with van der Waals surface area (Å²) in [5.74, 6) is -10.4. The number of H-pyrrole nitrogens is 1. The van der Waals surface area contributed by atoms with E-state index < -0.39 is 48.6 Å². The van der Waals surface area contributed by atoms with Gasteiger partial charge < -0.3 is 26.2 Å². The number of anilines is 1. The highest BCUT2D eigenvalue weighted by Gasteiger charge is 2.39. The van der Waals surface area contributed by atoms with Gasteiger partial charge in [0.25, 0.3) is 0 Å². The van der Waals surface area contributed by atoms with E-state index in [-0.39, 0.29) is 0 Å². The number of nitrogens with two attached hydrogens (primary N) is 1. The van der Waals surface area contributed by atoms with Crippen LogP contribution in [0, 0.1) is 0 Å². The monoisotopic (exact) mass is 539 g/mol. The van der Waals surface area contributed by atoms with Crippen molar-refractivity contribution in [2.45, 2.75) is 24.7 Å². The van der Waals surface area contributed by atoms with Crippen molar-refractivity contribution in [3.63, 3.8) is 0 Å². The quantitative estimate of drug-likeness (QED) is 0.266. The van der Waals surface area contributed by atoms with E-state index in [0.717, 1.165) is 0 Å². The van der Waals surface area contributed by atoms with Crippen molar-refractivity contribution in [1.29, 1.82) is 0 Å². The summed E-state index contributed by atoms with van der Waals surface area (Å²) in [6, 6.07) is 1.69. The Hall–Kier alpha value is -3.95. The second-order valence-electron chi connectivity index (χ2n) is 4.22. The minimum absolute atomic E-state index is 0.606. The van der Waals surface area contributed by atoms with E-state index in [9.17, 15) is 52.7 Å². The Kier molecular flexibility index (Phi) is 16.5. The highest BCUT2D eigenvalue weighted by Crippen LogP contribution is 2.14. The molecule has 200 valence electrons. The van der Waals surface area contributed by atoms with Gasteiger partial charge in [-0.2, -0.15) is 57.8 Å². The molecule has 0 radical (unpaired) electrons. The van der Waals surface area contributed by atoms with Gasteiger partial charge in [-0.1, -0.05) is 0 Å². The average Bonchev–Trinajstić information content (AvgIpc) is 3.04. The number of carboxylic acids is 4. The number of nitrogen functional groups attached to an aromatic ring is 1. The van der Waals surface area contributed by atoms with Gasteiger partial charge in [0, 0.05) is 0 Å². The lowest BCUT2D eigenvalue weighted by molar-refractivity contribution is -0.193. The molecule has 23 heteroatoms. The van der Waals surface area contributed by atoms with Crippen LogP contribution in [0.15, 0.2) is 12.3 Å². The van der Waals surface area contributed by atoms with Gasteiger partial charge in [-0.05, 0) is 6.07 Å². The number of alkyl halides is 12. The molecule has 7 N–H and O–H groups in total. The maximum absolute atomic E-state index is 10.6. The smallest absolute Gasteiger partial charge is 0.475 e. The number of carboxylic acid groups (broad SMARTS) is 4. The van der Waals surface area contributed by atoms with Crippen molar-refractivity contribution in [3.05, 3.63) is 12.3 Å². The number of hydrogen-bond acceptors (Lipinski definition) is 6. The van der Waals surface area contributed by atoms with E-state index in [0.29, 0.717) is 5.82 Å². The number of hydrogen-bond donors (Lipinski definition) is 6. The molecule has 1 aromatic heterocycles. The summed E-state index contributed by atoms with van der Waals surface area (Å²) >= 11 is 0. The predicted molar refractivity (Wildman–Crippen MR) is 77.8 cm³/mol. The fourth-order valence-corrected chi connectivity index (χ4v) is 0.267. The minimum Gasteiger partial charge on any atom is -0.475 e. The molecule has 1 heterocycles. The fourth-order valence-electron chi connectivity index (χ4n) is 0.267. The van der Waals surface area contributed by atoms with Crippen LogP contribution >= 0.6 is 0 Å². The Bertz CT molecular complexity index is 657. The van der Waals surface area contributed by atoms with Gasteiger partial charge in [-0.25, -0.2) is 19.2 Å². The first-order chi connectivity index (χ1) is 14.7. The zero-order valence-electron chi connectivity index (χ0n) is 15.1. The van der Waals surface area contributed by atoms with E-state index in [1.165, 1.54) is 0 Å². The van der Waals surface area contributed by atoms with Crippen LogP contribution in [0.25, 0.3) is 0 Å². The number of nitrogens with one attached hydrogen (secondary N) is 1. The van der Waals surface area contributed by atoms with Crippen molar-refractivity contribution < 1.29 is 92.3 Å². The molecule has 0 amide bonds. The molecule has 0 aromatic carbocycles. The third-order valence-corrected chi connectivity index (χ3v) is 1.49. The number of rotatable bonds is 0. The second kappa shape index (κ2) is 15.0. The van der Waals surface area contributed by atoms with E-state index in [1.807, 2.05) is 0 Å². The molecule has 0 saturated carbocycles. The van der Waals surface area contributed by atoms with Crippen LogP contribution in [0.5, 0.6) is 0 Å². The SMILES string of the molecule is Nc1ccn[nH]1.O=C(O)C(F)(F)F.O=C(O)C(F)(F)F.O=C(O)C(F)(F)F.O=C(O)C(F)(F)F. The van der Waals surface area contributed by atoms with Gasteiger partial charge in [-0.3, -0.25) is 5.10 Å². The van der Waals surface area contributed by atoms with Crippen LogP contribution in [-0.4, -0.2) is 79.2 Å². The third-order valence-electron chi connectivity index (χ3n) is 1.49. The highest BCUT2D eigenvalue weighted by atomic mass is 19.4. The molecule has 0 atom stereocenters. The molecule has 0 unspecified atom stereocenters. The molecular formula is C11H9F12N3O8. The fraction of sp³-hybridized carbons (Fsp3) is 0.364. The summed E-state index contributed by atoms with van der Waals surface area (Å²) in [6.45, 7) is 0. The van der Waals surface area contributed by atoms with E-state index in [2.05, 4.69) is 10.2 Å². The maximum Gasteiger partial charge on any atom is 0.490 e. The first kappa shape index (κ1) is 37.4. The van der Waals surface area contributed by atoms with Crippen molar-refractivity contribution in [3.8, 4) is 0 Å². The Labute approximate surface area is 176 Å². The zero-order chi connectivity index (χ0) is 28.7. The Morgan fingerprint density at radius 3 is 0.824 bits per heavy atom. The van der Waals surface area contributed by atoms with Crippen LogP contribution in [0.3, 0.4) is 0 Å². The first-order valence-electron chi connectivity index (χ1n) is 6.62. The summed E-state index contributed by atoms with van der Waals surface area (Å²) in [4.78, 5) is 35.6. The highest BCUT2D eigenvalue weighted by molar-refractivity contribution is 5.74. The molecule has 0 aliphatic rings. The molecule has 0 fully saturated rings. The molecule has 0 aliphatic carbocycles. The van der Waals surface area contributed by atoms with Crippen LogP contribution in [-0.2, 0) is 19.2 Å². The van der Waals surface area contributed by atoms with Crippen molar-refractivity contribution in [1.82, 2.24) is 10.2 Å². The lowest BCUT2D eigenvalue weighted by atomic mass is 10.7. The van der Waals surface area contributed by atoms with Crippen LogP contribution in [0.2, 0.25) is 0 Å². The third kappa shape index (κ3) is 28.1. The second-order valence-corrected chi connectivity index (χ2v) is 4.22. The molecule has 0 aliphatic heterocycles. The number of aromatic nitrogens is 2. The van der Waals surface area contributed by atoms with Crippen LogP contribution in [0.1, 0.15) is 0 Å². The summed E-state index contributed by atoms with van der Waals surface area (Å²) in [5.41, 5.74) is 5.16. The molecule has 0 bridgehead atoms. The van der Waals surface area contributed by atoms with E-state index in [1.54, 1.807) is 12.3 Å². The van der Waals surface area contributed by atoms with Gasteiger partial charge in [-0.15, -0.1) is 0 Å². The zero-order valence-corrected chi connectivity index (χ0v) is 15.1. The largest absolute Gasteiger partial charge is 0.490 e. The first-order valence-corrected chi connectivity index (χ1v) is 6.62. The molecule has 1 aromatic rings. The summed E-state index contributed by atoms with van der Waals surface area (Å²) in [5, 5.41) is 34.6. The van der Waals surface area contributed by atoms with Gasteiger partial charge >= 0.3 is 48.6 Å². The number of carbonyl (C=O) groups is 4. The van der Waals surface area contributed by atoms with Crippen molar-refractivity contribution >= 4 is 29.7 Å². The number of aliphatic carboxylic acids is 4. The summed E-state index contributed by atoms with van der Waals surface area (Å²) in [6.07, 6.45) is -18.7. The molecule has 0 spiro atoms. The van der Waals surface area contributed by atoms with Crippen molar-refractivity contribution in [2.75, 3.05) is 5.73 Å². The predicted octanol–water partition coefficient (Wildman–Crippen LogP) is 2.53. The number of aromatic amines is 1. The number of halogens is 12. The molecule has 11 nitrogen and oxygen atoms in total. The van der Waals surface area contributed by atoms with E-state index >= 15 is 0 Å². The van der Waals surface area contributed by atoms with Gasteiger partial charge in [0.1, 0.15) is 5.82 Å². The van der Waals surface area contributed by atoms with Gasteiger partial charge in [0.05, 0.1) is 6.20 Å². The number of nitrogens with zero attached hydrogens (tertiary/aromatic N) is 1. The van der Waals surface area contributed by atoms with E-state index in [4.69, 9.17) is 45.3 Å². The van der Waals surface area contributed by atoms with Gasteiger partial charge in [0.15, 0.2) is 0 Å². The topological polar surface area (TPSA) is 204 Å². The Balaban J connectivity index is -0.000000165. The summed E-state index contributed by atoms with van der Waals surface area (Å²) < 4.78 is 127. The average molecular weight is 539 g/mol. The lowest BCUT2D eigenvalue weighted by Gasteiger charge is -1.93. The molecular weight excluding hydrogens is 530 g/mol. The maximum atomic E-state index is 10.6. The minimum atomic E-state index is -5.08. The standard InChI is InChI=1S/C3H5N3.4C2HF3O2/c4-3-1-2-5-6-3;4*3-2(4,5)1(6)7/h1-2H,(H3,4,5,6);4*(H,6,7). The summed E-state index contributed by atoms with van der Waals surface area (Å²) in [7, 11) is 0. The van der Waals surface area contributed by atoms with Crippen LogP contribution < -0.4 is 5.73 Å². The lowest BCUT2D eigenvalue weighted by Crippen LogP contribution is -2.21. The molecule has 1 rings (SSSR count). The van der Waals surface area contributed by atoms with Crippen LogP contribution in [0.4, 0.5) is 58.5 Å². The molecule has 0 saturated heterocycles. The molecule has 34 heavy (non-hydrogen) atoms. The Morgan fingerprint density at radius 2 is 0.794 bits per heavy atom. The Morgan fingerprint density at radius 1 is 0.618 bits per heavy atom. The van der Waals surface area contributed by atoms with Gasteiger partial charge in [0.2, 0.25) is 0 Å². The normalized spacial score (nSPS) is 10.8. The van der Waals surface area contributed by atoms with Crippen molar-refractivity contribution in [2.24, 2.45) is 0 Å².